The molecule has 0 atom stereocenters. The number of nitrogens with one attached hydrogen (secondary N) is 1. The highest BCUT2D eigenvalue weighted by Crippen LogP contribution is 2.34. The van der Waals surface area contributed by atoms with Gasteiger partial charge >= 0.3 is 0 Å². The molecule has 10 heteroatoms. The van der Waals surface area contributed by atoms with Gasteiger partial charge in [-0.05, 0) is 55.1 Å². The summed E-state index contributed by atoms with van der Waals surface area (Å²) >= 11 is 0. The molecule has 0 aliphatic carbocycles. The normalized spacial score (nSPS) is 16.3. The minimum absolute atomic E-state index is 0.0609. The Morgan fingerprint density at radius 2 is 1.70 bits per heavy atom. The fraction of sp³-hybridized carbons (Fsp3) is 0.333. The number of fused-ring (bicyclic) bond motifs is 1. The summed E-state index contributed by atoms with van der Waals surface area (Å²) in [7, 11) is 2.07. The summed E-state index contributed by atoms with van der Waals surface area (Å²) < 4.78 is 6.17. The molecule has 220 valence electrons. The topological polar surface area (TPSA) is 126 Å². The Hall–Kier alpha value is -4.72. The molecule has 43 heavy (non-hydrogen) atoms. The third-order valence-corrected chi connectivity index (χ3v) is 8.38. The van der Waals surface area contributed by atoms with Crippen molar-refractivity contribution in [2.24, 2.45) is 0 Å². The maximum atomic E-state index is 13.0. The molecule has 4 heterocycles. The van der Waals surface area contributed by atoms with Crippen molar-refractivity contribution in [2.75, 3.05) is 52.9 Å². The molecule has 4 aromatic rings. The molecule has 2 aliphatic heterocycles. The Kier molecular flexibility index (Phi) is 8.09. The van der Waals surface area contributed by atoms with E-state index in [1.165, 1.54) is 0 Å². The monoisotopic (exact) mass is 578 g/mol. The molecule has 2 saturated heterocycles. The summed E-state index contributed by atoms with van der Waals surface area (Å²) in [6, 6.07) is 19.4. The van der Waals surface area contributed by atoms with Gasteiger partial charge in [-0.3, -0.25) is 14.6 Å². The number of carbonyl (C=O) groups is 2. The molecule has 0 spiro atoms. The minimum atomic E-state index is -0.487. The average molecular weight is 579 g/mol. The maximum Gasteiger partial charge on any atom is 0.253 e. The summed E-state index contributed by atoms with van der Waals surface area (Å²) in [4.78, 5) is 38.6. The van der Waals surface area contributed by atoms with Gasteiger partial charge in [-0.1, -0.05) is 12.1 Å². The Labute approximate surface area is 250 Å². The predicted octanol–water partition coefficient (Wildman–Crippen LogP) is 3.52. The SMILES string of the molecule is CN1CCN(C(=O)c2ccc(-c3cc4c(-c5ccc(OC6CCN(C(=O)CO)CC6)c(C#N)c5)nccc4[nH]3)cc2)CC1. The van der Waals surface area contributed by atoms with Crippen LogP contribution < -0.4 is 4.74 Å². The van der Waals surface area contributed by atoms with Crippen LogP contribution in [0.1, 0.15) is 28.8 Å². The number of aromatic amines is 1. The van der Waals surface area contributed by atoms with E-state index in [1.54, 1.807) is 17.2 Å². The molecule has 0 radical (unpaired) electrons. The number of likely N-dealkylation sites (N-methyl/N-ethyl adjacent to an activating group) is 1. The smallest absolute Gasteiger partial charge is 0.253 e. The molecule has 2 fully saturated rings. The number of hydrogen-bond donors (Lipinski definition) is 2. The van der Waals surface area contributed by atoms with Gasteiger partial charge in [0.2, 0.25) is 5.91 Å². The highest BCUT2D eigenvalue weighted by Gasteiger charge is 2.25. The molecule has 2 aromatic heterocycles. The number of H-pyrrole nitrogens is 1. The van der Waals surface area contributed by atoms with Gasteiger partial charge in [-0.2, -0.15) is 5.26 Å². The fourth-order valence-corrected chi connectivity index (χ4v) is 5.79. The number of amides is 2. The lowest BCUT2D eigenvalue weighted by Gasteiger charge is -2.32. The van der Waals surface area contributed by atoms with E-state index in [4.69, 9.17) is 9.84 Å². The van der Waals surface area contributed by atoms with E-state index in [0.717, 1.165) is 59.6 Å². The summed E-state index contributed by atoms with van der Waals surface area (Å²) in [6.45, 7) is 3.79. The first kappa shape index (κ1) is 28.4. The average Bonchev–Trinajstić information content (AvgIpc) is 3.50. The molecule has 2 aliphatic rings. The van der Waals surface area contributed by atoms with Gasteiger partial charge < -0.3 is 29.5 Å². The Morgan fingerprint density at radius 3 is 2.40 bits per heavy atom. The number of carbonyl (C=O) groups excluding carboxylic acids is 2. The van der Waals surface area contributed by atoms with Crippen LogP contribution in [0.4, 0.5) is 0 Å². The molecule has 0 unspecified atom stereocenters. The number of piperidine rings is 1. The first-order valence-corrected chi connectivity index (χ1v) is 14.6. The fourth-order valence-electron chi connectivity index (χ4n) is 5.79. The number of rotatable bonds is 6. The van der Waals surface area contributed by atoms with Crippen molar-refractivity contribution in [3.05, 3.63) is 71.9 Å². The summed E-state index contributed by atoms with van der Waals surface area (Å²) in [5.74, 6) is 0.292. The van der Waals surface area contributed by atoms with E-state index in [1.807, 2.05) is 53.4 Å². The zero-order valence-corrected chi connectivity index (χ0v) is 24.1. The number of benzene rings is 2. The molecule has 0 saturated carbocycles. The van der Waals surface area contributed by atoms with E-state index in [9.17, 15) is 14.9 Å². The van der Waals surface area contributed by atoms with Crippen LogP contribution in [0.5, 0.6) is 5.75 Å². The number of ether oxygens (including phenoxy) is 1. The second-order valence-electron chi connectivity index (χ2n) is 11.2. The quantitative estimate of drug-likeness (QED) is 0.359. The van der Waals surface area contributed by atoms with E-state index >= 15 is 0 Å². The number of aromatic nitrogens is 2. The lowest BCUT2D eigenvalue weighted by Crippen LogP contribution is -2.47. The van der Waals surface area contributed by atoms with Crippen LogP contribution in [-0.2, 0) is 4.79 Å². The largest absolute Gasteiger partial charge is 0.489 e. The number of pyridine rings is 1. The van der Waals surface area contributed by atoms with Crippen LogP contribution in [-0.4, -0.2) is 101 Å². The van der Waals surface area contributed by atoms with E-state index in [0.29, 0.717) is 42.8 Å². The van der Waals surface area contributed by atoms with Crippen molar-refractivity contribution in [1.29, 1.82) is 5.26 Å². The maximum absolute atomic E-state index is 13.0. The highest BCUT2D eigenvalue weighted by atomic mass is 16.5. The van der Waals surface area contributed by atoms with Gasteiger partial charge in [0.1, 0.15) is 24.5 Å². The molecule has 6 rings (SSSR count). The molecule has 2 amide bonds. The summed E-state index contributed by atoms with van der Waals surface area (Å²) in [5.41, 5.74) is 5.45. The van der Waals surface area contributed by atoms with Crippen LogP contribution in [0.25, 0.3) is 33.4 Å². The molecule has 0 bridgehead atoms. The first-order chi connectivity index (χ1) is 20.9. The molecule has 2 N–H and O–H groups in total. The number of nitriles is 1. The minimum Gasteiger partial charge on any atom is -0.489 e. The Bertz CT molecular complexity index is 1680. The number of piperazine rings is 1. The van der Waals surface area contributed by atoms with Crippen LogP contribution in [0.3, 0.4) is 0 Å². The van der Waals surface area contributed by atoms with Gasteiger partial charge in [0.15, 0.2) is 0 Å². The zero-order valence-electron chi connectivity index (χ0n) is 24.1. The molecular weight excluding hydrogens is 544 g/mol. The van der Waals surface area contributed by atoms with Gasteiger partial charge in [-0.25, -0.2) is 0 Å². The zero-order chi connectivity index (χ0) is 29.9. The third-order valence-electron chi connectivity index (χ3n) is 8.38. The van der Waals surface area contributed by atoms with Gasteiger partial charge in [0, 0.05) is 86.0 Å². The lowest BCUT2D eigenvalue weighted by molar-refractivity contribution is -0.135. The van der Waals surface area contributed by atoms with E-state index < -0.39 is 6.61 Å². The van der Waals surface area contributed by atoms with Crippen LogP contribution in [0.2, 0.25) is 0 Å². The van der Waals surface area contributed by atoms with E-state index in [-0.39, 0.29) is 17.9 Å². The van der Waals surface area contributed by atoms with Crippen LogP contribution >= 0.6 is 0 Å². The third kappa shape index (κ3) is 5.95. The Balaban J connectivity index is 1.20. The first-order valence-electron chi connectivity index (χ1n) is 14.6. The summed E-state index contributed by atoms with van der Waals surface area (Å²) in [6.07, 6.45) is 2.90. The standard InChI is InChI=1S/C33H34N6O4/c1-37-14-16-39(17-15-37)33(42)23-4-2-22(3-5-23)29-19-27-28(36-29)8-11-35-32(27)24-6-7-30(25(18-24)20-34)43-26-9-12-38(13-10-26)31(41)21-40/h2-8,11,18-19,26,36,40H,9-10,12-17,21H2,1H3. The second kappa shape index (κ2) is 12.3. The van der Waals surface area contributed by atoms with E-state index in [2.05, 4.69) is 28.0 Å². The van der Waals surface area contributed by atoms with Crippen LogP contribution in [0.15, 0.2) is 60.8 Å². The van der Waals surface area contributed by atoms with Crippen LogP contribution in [0, 0.1) is 11.3 Å². The van der Waals surface area contributed by atoms with Gasteiger partial charge in [0.05, 0.1) is 11.3 Å². The van der Waals surface area contributed by atoms with Gasteiger partial charge in [-0.15, -0.1) is 0 Å². The molecular formula is C33H34N6O4. The number of likely N-dealkylation sites (tertiary alicyclic amines) is 1. The predicted molar refractivity (Wildman–Crippen MR) is 162 cm³/mol. The van der Waals surface area contributed by atoms with Crippen molar-refractivity contribution in [2.45, 2.75) is 18.9 Å². The number of aliphatic hydroxyl groups excluding tert-OH is 1. The lowest BCUT2D eigenvalue weighted by atomic mass is 10.0. The molecule has 2 aromatic carbocycles. The summed E-state index contributed by atoms with van der Waals surface area (Å²) in [5, 5.41) is 19.9. The van der Waals surface area contributed by atoms with Gasteiger partial charge in [0.25, 0.3) is 5.91 Å². The van der Waals surface area contributed by atoms with Crippen molar-refractivity contribution < 1.29 is 19.4 Å². The number of nitrogens with zero attached hydrogens (tertiary/aromatic N) is 5. The number of aliphatic hydroxyl groups is 1. The molecule has 10 nitrogen and oxygen atoms in total. The van der Waals surface area contributed by atoms with Crippen molar-refractivity contribution >= 4 is 22.7 Å². The van der Waals surface area contributed by atoms with Crippen molar-refractivity contribution in [3.63, 3.8) is 0 Å². The van der Waals surface area contributed by atoms with Crippen molar-refractivity contribution in [3.8, 4) is 34.3 Å². The Morgan fingerprint density at radius 1 is 0.977 bits per heavy atom. The highest BCUT2D eigenvalue weighted by molar-refractivity contribution is 5.97. The van der Waals surface area contributed by atoms with Crippen molar-refractivity contribution in [1.82, 2.24) is 24.7 Å². The number of hydrogen-bond acceptors (Lipinski definition) is 7. The second-order valence-corrected chi connectivity index (χ2v) is 11.2.